The third-order valence-electron chi connectivity index (χ3n) is 3.15. The van der Waals surface area contributed by atoms with Crippen LogP contribution in [0.1, 0.15) is 32.2 Å². The summed E-state index contributed by atoms with van der Waals surface area (Å²) in [4.78, 5) is 4.15. The molecule has 0 N–H and O–H groups in total. The molecule has 0 bridgehead atoms. The molecular formula is C19H23NO3. The van der Waals surface area contributed by atoms with E-state index in [2.05, 4.69) is 4.98 Å². The molecule has 2 aromatic carbocycles. The lowest BCUT2D eigenvalue weighted by Gasteiger charge is -2.00. The molecule has 0 spiro atoms. The van der Waals surface area contributed by atoms with E-state index in [9.17, 15) is 0 Å². The molecule has 0 aliphatic carbocycles. The van der Waals surface area contributed by atoms with Gasteiger partial charge in [0.25, 0.3) is 0 Å². The average Bonchev–Trinajstić information content (AvgIpc) is 3.11. The highest BCUT2D eigenvalue weighted by Gasteiger charge is 2.20. The van der Waals surface area contributed by atoms with Crippen molar-refractivity contribution in [2.24, 2.45) is 0 Å². The van der Waals surface area contributed by atoms with E-state index in [1.165, 1.54) is 0 Å². The van der Waals surface area contributed by atoms with E-state index in [0.29, 0.717) is 0 Å². The number of hydrogen-bond acceptors (Lipinski definition) is 4. The zero-order chi connectivity index (χ0) is 16.8. The van der Waals surface area contributed by atoms with Gasteiger partial charge in [-0.05, 0) is 30.7 Å². The van der Waals surface area contributed by atoms with E-state index < -0.39 is 0 Å². The Kier molecular flexibility index (Phi) is 5.63. The fourth-order valence-corrected chi connectivity index (χ4v) is 2.23. The average molecular weight is 313 g/mol. The van der Waals surface area contributed by atoms with Crippen molar-refractivity contribution in [3.63, 3.8) is 0 Å². The first kappa shape index (κ1) is 16.9. The van der Waals surface area contributed by atoms with Crippen LogP contribution in [0.3, 0.4) is 0 Å². The topological polar surface area (TPSA) is 44.5 Å². The third-order valence-corrected chi connectivity index (χ3v) is 3.15. The van der Waals surface area contributed by atoms with Crippen molar-refractivity contribution < 1.29 is 13.9 Å². The summed E-state index contributed by atoms with van der Waals surface area (Å²) in [6.45, 7) is 9.75. The van der Waals surface area contributed by atoms with Gasteiger partial charge in [0, 0.05) is 13.8 Å². The summed E-state index contributed by atoms with van der Waals surface area (Å²) in [5, 5.41) is 0. The minimum atomic E-state index is -0.133. The standard InChI is InChI=1S/C9H10O2.C8H7NO.C2H6/c1-6-4-3-5-8-9(6)11-7(2)10-8;1-6-9-7-4-2-3-5-8(7)10-6;1-2/h3-5,7H,1-2H3;2-5H,1H3;1-2H3. The quantitative estimate of drug-likeness (QED) is 0.567. The van der Waals surface area contributed by atoms with Crippen LogP contribution in [0.25, 0.3) is 11.1 Å². The molecule has 0 saturated heterocycles. The minimum Gasteiger partial charge on any atom is -0.451 e. The van der Waals surface area contributed by atoms with Crippen LogP contribution in [-0.4, -0.2) is 11.3 Å². The third kappa shape index (κ3) is 4.03. The fourth-order valence-electron chi connectivity index (χ4n) is 2.23. The first-order chi connectivity index (χ1) is 11.1. The van der Waals surface area contributed by atoms with Crippen molar-refractivity contribution in [2.75, 3.05) is 0 Å². The second-order valence-corrected chi connectivity index (χ2v) is 4.91. The van der Waals surface area contributed by atoms with Crippen molar-refractivity contribution in [1.29, 1.82) is 0 Å². The van der Waals surface area contributed by atoms with Gasteiger partial charge in [0.1, 0.15) is 5.52 Å². The van der Waals surface area contributed by atoms with Gasteiger partial charge in [0.05, 0.1) is 0 Å². The monoisotopic (exact) mass is 313 g/mol. The molecule has 1 aromatic heterocycles. The largest absolute Gasteiger partial charge is 0.451 e. The number of hydrogen-bond donors (Lipinski definition) is 0. The molecule has 1 atom stereocenters. The van der Waals surface area contributed by atoms with E-state index in [-0.39, 0.29) is 6.29 Å². The van der Waals surface area contributed by atoms with Crippen molar-refractivity contribution in [1.82, 2.24) is 4.98 Å². The molecule has 1 aliphatic heterocycles. The zero-order valence-electron chi connectivity index (χ0n) is 14.3. The molecule has 4 nitrogen and oxygen atoms in total. The molecule has 0 fully saturated rings. The lowest BCUT2D eigenvalue weighted by Crippen LogP contribution is -2.11. The summed E-state index contributed by atoms with van der Waals surface area (Å²) >= 11 is 0. The Balaban J connectivity index is 0.000000152. The van der Waals surface area contributed by atoms with Gasteiger partial charge in [0.2, 0.25) is 6.29 Å². The fraction of sp³-hybridized carbons (Fsp3) is 0.316. The Labute approximate surface area is 137 Å². The Morgan fingerprint density at radius 3 is 2.35 bits per heavy atom. The number of nitrogens with zero attached hydrogens (tertiary/aromatic N) is 1. The highest BCUT2D eigenvalue weighted by molar-refractivity contribution is 5.71. The Morgan fingerprint density at radius 1 is 0.913 bits per heavy atom. The minimum absolute atomic E-state index is 0.133. The molecule has 0 radical (unpaired) electrons. The maximum absolute atomic E-state index is 5.42. The van der Waals surface area contributed by atoms with Gasteiger partial charge in [-0.3, -0.25) is 0 Å². The number of rotatable bonds is 0. The van der Waals surface area contributed by atoms with Gasteiger partial charge < -0.3 is 13.9 Å². The molecule has 4 rings (SSSR count). The van der Waals surface area contributed by atoms with Gasteiger partial charge >= 0.3 is 0 Å². The van der Waals surface area contributed by atoms with Crippen LogP contribution in [0.2, 0.25) is 0 Å². The van der Waals surface area contributed by atoms with Gasteiger partial charge in [-0.2, -0.15) is 0 Å². The molecule has 1 aliphatic rings. The maximum Gasteiger partial charge on any atom is 0.238 e. The number of aromatic nitrogens is 1. The highest BCUT2D eigenvalue weighted by Crippen LogP contribution is 2.36. The molecular weight excluding hydrogens is 290 g/mol. The van der Waals surface area contributed by atoms with E-state index in [1.807, 2.05) is 77.1 Å². The van der Waals surface area contributed by atoms with Crippen molar-refractivity contribution in [2.45, 2.75) is 40.9 Å². The van der Waals surface area contributed by atoms with Crippen LogP contribution in [-0.2, 0) is 0 Å². The first-order valence-corrected chi connectivity index (χ1v) is 7.88. The Morgan fingerprint density at radius 2 is 1.65 bits per heavy atom. The molecule has 1 unspecified atom stereocenters. The number of aryl methyl sites for hydroxylation is 2. The lowest BCUT2D eigenvalue weighted by molar-refractivity contribution is 0.0675. The molecule has 3 aromatic rings. The smallest absolute Gasteiger partial charge is 0.238 e. The van der Waals surface area contributed by atoms with E-state index in [4.69, 9.17) is 13.9 Å². The van der Waals surface area contributed by atoms with Gasteiger partial charge in [-0.15, -0.1) is 0 Å². The molecule has 0 amide bonds. The van der Waals surface area contributed by atoms with Gasteiger partial charge in [-0.1, -0.05) is 38.1 Å². The van der Waals surface area contributed by atoms with Gasteiger partial charge in [0.15, 0.2) is 23.0 Å². The predicted octanol–water partition coefficient (Wildman–Crippen LogP) is 5.27. The predicted molar refractivity (Wildman–Crippen MR) is 92.0 cm³/mol. The van der Waals surface area contributed by atoms with Gasteiger partial charge in [-0.25, -0.2) is 4.98 Å². The summed E-state index contributed by atoms with van der Waals surface area (Å²) < 4.78 is 16.0. The Bertz CT molecular complexity index is 731. The maximum atomic E-state index is 5.42. The molecule has 4 heteroatoms. The zero-order valence-corrected chi connectivity index (χ0v) is 14.3. The second-order valence-electron chi connectivity index (χ2n) is 4.91. The first-order valence-electron chi connectivity index (χ1n) is 7.88. The summed E-state index contributed by atoms with van der Waals surface area (Å²) in [6, 6.07) is 13.6. The second kappa shape index (κ2) is 7.68. The molecule has 23 heavy (non-hydrogen) atoms. The van der Waals surface area contributed by atoms with Crippen molar-refractivity contribution in [3.05, 3.63) is 53.9 Å². The van der Waals surface area contributed by atoms with Crippen LogP contribution in [0.4, 0.5) is 0 Å². The van der Waals surface area contributed by atoms with E-state index >= 15 is 0 Å². The van der Waals surface area contributed by atoms with Crippen LogP contribution in [0.15, 0.2) is 46.9 Å². The van der Waals surface area contributed by atoms with Crippen LogP contribution in [0.5, 0.6) is 11.5 Å². The van der Waals surface area contributed by atoms with Crippen LogP contribution in [0, 0.1) is 13.8 Å². The SMILES string of the molecule is CC.Cc1cccc2c1OC(C)O2.Cc1nc2ccccc2o1. The van der Waals surface area contributed by atoms with Crippen molar-refractivity contribution >= 4 is 11.1 Å². The number of oxazole rings is 1. The van der Waals surface area contributed by atoms with E-state index in [0.717, 1.165) is 34.1 Å². The molecule has 0 saturated carbocycles. The van der Waals surface area contributed by atoms with E-state index in [1.54, 1.807) is 0 Å². The van der Waals surface area contributed by atoms with Crippen LogP contribution < -0.4 is 9.47 Å². The molecule has 2 heterocycles. The summed E-state index contributed by atoms with van der Waals surface area (Å²) in [5.41, 5.74) is 2.92. The number of ether oxygens (including phenoxy) is 2. The summed E-state index contributed by atoms with van der Waals surface area (Å²) in [6.07, 6.45) is -0.133. The summed E-state index contributed by atoms with van der Waals surface area (Å²) in [5.74, 6) is 2.47. The van der Waals surface area contributed by atoms with Crippen molar-refractivity contribution in [3.8, 4) is 11.5 Å². The summed E-state index contributed by atoms with van der Waals surface area (Å²) in [7, 11) is 0. The lowest BCUT2D eigenvalue weighted by atomic mass is 10.2. The number of para-hydroxylation sites is 3. The highest BCUT2D eigenvalue weighted by atomic mass is 16.7. The Hall–Kier alpha value is -2.49. The van der Waals surface area contributed by atoms with Crippen LogP contribution >= 0.6 is 0 Å². The normalized spacial score (nSPS) is 14.6. The number of fused-ring (bicyclic) bond motifs is 2. The number of benzene rings is 2. The molecule has 122 valence electrons.